The molecule has 1 aliphatic carbocycles. The minimum absolute atomic E-state index is 0.0106. The SMILES string of the molecule is CC(C)(C)c1noc(C2CC2)n1. The molecule has 0 atom stereocenters. The van der Waals surface area contributed by atoms with Crippen molar-refractivity contribution in [3.63, 3.8) is 0 Å². The highest BCUT2D eigenvalue weighted by Crippen LogP contribution is 2.39. The molecule has 1 aromatic rings. The van der Waals surface area contributed by atoms with Crippen LogP contribution in [0.1, 0.15) is 51.2 Å². The van der Waals surface area contributed by atoms with E-state index in [0.29, 0.717) is 5.92 Å². The highest BCUT2D eigenvalue weighted by molar-refractivity contribution is 5.06. The van der Waals surface area contributed by atoms with E-state index in [1.807, 2.05) is 0 Å². The monoisotopic (exact) mass is 166 g/mol. The molecule has 0 unspecified atom stereocenters. The molecule has 1 saturated carbocycles. The van der Waals surface area contributed by atoms with Gasteiger partial charge in [-0.1, -0.05) is 25.9 Å². The summed E-state index contributed by atoms with van der Waals surface area (Å²) in [6.45, 7) is 6.28. The molecule has 0 amide bonds. The van der Waals surface area contributed by atoms with Crippen molar-refractivity contribution in [2.45, 2.75) is 44.9 Å². The number of hydrogen-bond donors (Lipinski definition) is 0. The van der Waals surface area contributed by atoms with Gasteiger partial charge >= 0.3 is 0 Å². The van der Waals surface area contributed by atoms with E-state index >= 15 is 0 Å². The van der Waals surface area contributed by atoms with E-state index in [9.17, 15) is 0 Å². The maximum atomic E-state index is 5.15. The van der Waals surface area contributed by atoms with Crippen molar-refractivity contribution in [2.24, 2.45) is 0 Å². The lowest BCUT2D eigenvalue weighted by Gasteiger charge is -2.10. The molecule has 0 saturated heterocycles. The largest absolute Gasteiger partial charge is 0.339 e. The van der Waals surface area contributed by atoms with E-state index in [1.54, 1.807) is 0 Å². The van der Waals surface area contributed by atoms with Gasteiger partial charge in [-0.15, -0.1) is 0 Å². The van der Waals surface area contributed by atoms with Gasteiger partial charge in [-0.05, 0) is 12.8 Å². The van der Waals surface area contributed by atoms with E-state index in [1.165, 1.54) is 12.8 Å². The van der Waals surface area contributed by atoms with E-state index < -0.39 is 0 Å². The average Bonchev–Trinajstić information content (AvgIpc) is 2.66. The van der Waals surface area contributed by atoms with Gasteiger partial charge in [0.2, 0.25) is 5.89 Å². The van der Waals surface area contributed by atoms with Crippen LogP contribution in [0.4, 0.5) is 0 Å². The number of rotatable bonds is 1. The molecule has 3 nitrogen and oxygen atoms in total. The topological polar surface area (TPSA) is 38.9 Å². The third-order valence-corrected chi connectivity index (χ3v) is 2.04. The molecule has 3 heteroatoms. The molecule has 0 radical (unpaired) electrons. The van der Waals surface area contributed by atoms with Crippen LogP contribution < -0.4 is 0 Å². The lowest BCUT2D eigenvalue weighted by Crippen LogP contribution is -2.13. The Morgan fingerprint density at radius 3 is 2.42 bits per heavy atom. The van der Waals surface area contributed by atoms with E-state index in [4.69, 9.17) is 4.52 Å². The Morgan fingerprint density at radius 2 is 2.00 bits per heavy atom. The fourth-order valence-corrected chi connectivity index (χ4v) is 1.04. The minimum atomic E-state index is 0.0106. The molecule has 0 aliphatic heterocycles. The van der Waals surface area contributed by atoms with Gasteiger partial charge < -0.3 is 4.52 Å². The van der Waals surface area contributed by atoms with Gasteiger partial charge in [-0.2, -0.15) is 4.98 Å². The van der Waals surface area contributed by atoms with Crippen molar-refractivity contribution >= 4 is 0 Å². The molecule has 0 bridgehead atoms. The molecule has 1 aliphatic rings. The van der Waals surface area contributed by atoms with Crippen molar-refractivity contribution in [2.75, 3.05) is 0 Å². The Hall–Kier alpha value is -0.860. The van der Waals surface area contributed by atoms with Crippen LogP contribution in [0.5, 0.6) is 0 Å². The molecule has 12 heavy (non-hydrogen) atoms. The predicted molar refractivity (Wildman–Crippen MR) is 45.0 cm³/mol. The summed E-state index contributed by atoms with van der Waals surface area (Å²) < 4.78 is 5.15. The smallest absolute Gasteiger partial charge is 0.229 e. The van der Waals surface area contributed by atoms with Crippen LogP contribution in [-0.4, -0.2) is 10.1 Å². The average molecular weight is 166 g/mol. The van der Waals surface area contributed by atoms with Crippen molar-refractivity contribution in [1.29, 1.82) is 0 Å². The maximum absolute atomic E-state index is 5.15. The molecule has 0 N–H and O–H groups in total. The summed E-state index contributed by atoms with van der Waals surface area (Å²) in [5.74, 6) is 2.22. The van der Waals surface area contributed by atoms with Crippen LogP contribution in [0.25, 0.3) is 0 Å². The van der Waals surface area contributed by atoms with Crippen LogP contribution in [0, 0.1) is 0 Å². The summed E-state index contributed by atoms with van der Waals surface area (Å²) in [5.41, 5.74) is 0.0106. The van der Waals surface area contributed by atoms with Gasteiger partial charge in [0.05, 0.1) is 0 Å². The standard InChI is InChI=1S/C9H14N2O/c1-9(2,3)8-10-7(12-11-8)6-4-5-6/h6H,4-5H2,1-3H3. The first-order valence-electron chi connectivity index (χ1n) is 4.41. The van der Waals surface area contributed by atoms with Gasteiger partial charge in [0.15, 0.2) is 5.82 Å². The summed E-state index contributed by atoms with van der Waals surface area (Å²) in [7, 11) is 0. The summed E-state index contributed by atoms with van der Waals surface area (Å²) >= 11 is 0. The highest BCUT2D eigenvalue weighted by atomic mass is 16.5. The molecule has 2 rings (SSSR count). The van der Waals surface area contributed by atoms with E-state index in [-0.39, 0.29) is 5.41 Å². The van der Waals surface area contributed by atoms with Crippen molar-refractivity contribution in [1.82, 2.24) is 10.1 Å². The van der Waals surface area contributed by atoms with E-state index in [0.717, 1.165) is 11.7 Å². The second kappa shape index (κ2) is 2.31. The molecular weight excluding hydrogens is 152 g/mol. The summed E-state index contributed by atoms with van der Waals surface area (Å²) in [6.07, 6.45) is 2.43. The molecule has 1 aromatic heterocycles. The first-order chi connectivity index (χ1) is 5.57. The Morgan fingerprint density at radius 1 is 1.33 bits per heavy atom. The van der Waals surface area contributed by atoms with Gasteiger partial charge in [0.1, 0.15) is 0 Å². The van der Waals surface area contributed by atoms with Gasteiger partial charge in [0.25, 0.3) is 0 Å². The van der Waals surface area contributed by atoms with Gasteiger partial charge in [-0.3, -0.25) is 0 Å². The van der Waals surface area contributed by atoms with Crippen LogP contribution >= 0.6 is 0 Å². The molecule has 0 aromatic carbocycles. The van der Waals surface area contributed by atoms with Crippen LogP contribution in [0.15, 0.2) is 4.52 Å². The van der Waals surface area contributed by atoms with Crippen molar-refractivity contribution in [3.8, 4) is 0 Å². The van der Waals surface area contributed by atoms with Gasteiger partial charge in [0, 0.05) is 11.3 Å². The molecule has 1 fully saturated rings. The van der Waals surface area contributed by atoms with E-state index in [2.05, 4.69) is 30.9 Å². The third kappa shape index (κ3) is 1.36. The van der Waals surface area contributed by atoms with Crippen molar-refractivity contribution in [3.05, 3.63) is 11.7 Å². The fourth-order valence-electron chi connectivity index (χ4n) is 1.04. The summed E-state index contributed by atoms with van der Waals surface area (Å²) in [6, 6.07) is 0. The first-order valence-corrected chi connectivity index (χ1v) is 4.41. The molecular formula is C9H14N2O. The fraction of sp³-hybridized carbons (Fsp3) is 0.778. The van der Waals surface area contributed by atoms with Gasteiger partial charge in [-0.25, -0.2) is 0 Å². The normalized spacial score (nSPS) is 18.2. The lowest BCUT2D eigenvalue weighted by atomic mass is 9.96. The number of aromatic nitrogens is 2. The molecule has 1 heterocycles. The quantitative estimate of drug-likeness (QED) is 0.642. The van der Waals surface area contributed by atoms with Crippen LogP contribution in [0.2, 0.25) is 0 Å². The first kappa shape index (κ1) is 7.77. The zero-order chi connectivity index (χ0) is 8.77. The third-order valence-electron chi connectivity index (χ3n) is 2.04. The van der Waals surface area contributed by atoms with Crippen LogP contribution in [-0.2, 0) is 5.41 Å². The zero-order valence-electron chi connectivity index (χ0n) is 7.79. The zero-order valence-corrected chi connectivity index (χ0v) is 7.79. The van der Waals surface area contributed by atoms with Crippen molar-refractivity contribution < 1.29 is 4.52 Å². The number of hydrogen-bond acceptors (Lipinski definition) is 3. The minimum Gasteiger partial charge on any atom is -0.339 e. The second-order valence-corrected chi connectivity index (χ2v) is 4.48. The Balaban J connectivity index is 2.23. The highest BCUT2D eigenvalue weighted by Gasteiger charge is 2.31. The Kier molecular flexibility index (Phi) is 1.50. The maximum Gasteiger partial charge on any atom is 0.229 e. The molecule has 0 spiro atoms. The Labute approximate surface area is 72.2 Å². The van der Waals surface area contributed by atoms with Crippen LogP contribution in [0.3, 0.4) is 0 Å². The molecule has 66 valence electrons. The Bertz CT molecular complexity index is 281. The predicted octanol–water partition coefficient (Wildman–Crippen LogP) is 2.24. The number of nitrogens with zero attached hydrogens (tertiary/aromatic N) is 2. The lowest BCUT2D eigenvalue weighted by molar-refractivity contribution is 0.364. The summed E-state index contributed by atoms with van der Waals surface area (Å²) in [5, 5.41) is 3.96. The summed E-state index contributed by atoms with van der Waals surface area (Å²) in [4.78, 5) is 4.37. The second-order valence-electron chi connectivity index (χ2n) is 4.48.